The van der Waals surface area contributed by atoms with Gasteiger partial charge in [0.25, 0.3) is 5.91 Å². The summed E-state index contributed by atoms with van der Waals surface area (Å²) in [6.07, 6.45) is 1.81. The number of aromatic nitrogens is 2. The van der Waals surface area contributed by atoms with E-state index in [2.05, 4.69) is 14.9 Å². The van der Waals surface area contributed by atoms with Gasteiger partial charge in [-0.15, -0.1) is 0 Å². The minimum absolute atomic E-state index is 0.132. The van der Waals surface area contributed by atoms with Crippen molar-refractivity contribution < 1.29 is 9.53 Å². The van der Waals surface area contributed by atoms with Crippen molar-refractivity contribution in [1.29, 1.82) is 0 Å². The van der Waals surface area contributed by atoms with Gasteiger partial charge in [0.1, 0.15) is 0 Å². The Morgan fingerprint density at radius 3 is 2.72 bits per heavy atom. The second kappa shape index (κ2) is 6.78. The third-order valence-corrected chi connectivity index (χ3v) is 4.93. The average molecular weight is 379 g/mol. The van der Waals surface area contributed by atoms with Gasteiger partial charge in [-0.3, -0.25) is 4.79 Å². The van der Waals surface area contributed by atoms with Crippen molar-refractivity contribution >= 4 is 35.1 Å². The van der Waals surface area contributed by atoms with Crippen molar-refractivity contribution in [2.75, 3.05) is 31.2 Å². The summed E-state index contributed by atoms with van der Waals surface area (Å²) in [7, 11) is 0. The van der Waals surface area contributed by atoms with Gasteiger partial charge in [0.15, 0.2) is 0 Å². The first-order valence-electron chi connectivity index (χ1n) is 8.03. The number of carbonyl (C=O) groups is 1. The Bertz CT molecular complexity index is 824. The van der Waals surface area contributed by atoms with Crippen molar-refractivity contribution in [1.82, 2.24) is 14.9 Å². The van der Waals surface area contributed by atoms with Gasteiger partial charge in [-0.05, 0) is 18.2 Å². The normalized spacial score (nSPS) is 16.9. The lowest BCUT2D eigenvalue weighted by molar-refractivity contribution is 0.0750. The molecule has 3 heterocycles. The topological polar surface area (TPSA) is 58.6 Å². The molecule has 2 aromatic rings. The van der Waals surface area contributed by atoms with Crippen molar-refractivity contribution in [2.24, 2.45) is 0 Å². The van der Waals surface area contributed by atoms with E-state index in [4.69, 9.17) is 27.9 Å². The Hall–Kier alpha value is -1.89. The number of hydrogen-bond acceptors (Lipinski definition) is 5. The molecule has 0 saturated carbocycles. The number of carbonyl (C=O) groups excluding carboxylic acids is 1. The van der Waals surface area contributed by atoms with Crippen LogP contribution < -0.4 is 4.90 Å². The second-order valence-corrected chi connectivity index (χ2v) is 6.87. The van der Waals surface area contributed by atoms with Crippen LogP contribution in [0.25, 0.3) is 0 Å². The van der Waals surface area contributed by atoms with Crippen molar-refractivity contribution in [3.8, 4) is 0 Å². The van der Waals surface area contributed by atoms with E-state index in [1.165, 1.54) is 0 Å². The second-order valence-electron chi connectivity index (χ2n) is 6.03. The zero-order valence-corrected chi connectivity index (χ0v) is 14.9. The van der Waals surface area contributed by atoms with E-state index in [1.54, 1.807) is 23.1 Å². The van der Waals surface area contributed by atoms with E-state index < -0.39 is 0 Å². The lowest BCUT2D eigenvalue weighted by Crippen LogP contribution is -2.37. The molecule has 0 bridgehead atoms. The molecule has 6 nitrogen and oxygen atoms in total. The third-order valence-electron chi connectivity index (χ3n) is 4.39. The zero-order valence-electron chi connectivity index (χ0n) is 13.4. The SMILES string of the molecule is O=C(c1ccc(Cl)cc1Cl)N1Cc2cnc(N3CCOCC3)nc2C1. The van der Waals surface area contributed by atoms with Crippen LogP contribution in [0, 0.1) is 0 Å². The van der Waals surface area contributed by atoms with E-state index in [9.17, 15) is 4.79 Å². The maximum absolute atomic E-state index is 12.8. The number of nitrogens with zero attached hydrogens (tertiary/aromatic N) is 4. The van der Waals surface area contributed by atoms with Crippen LogP contribution in [0.4, 0.5) is 5.95 Å². The predicted molar refractivity (Wildman–Crippen MR) is 95.1 cm³/mol. The molecule has 1 saturated heterocycles. The van der Waals surface area contributed by atoms with Crippen molar-refractivity contribution in [3.63, 3.8) is 0 Å². The molecule has 0 atom stereocenters. The number of halogens is 2. The molecule has 0 aliphatic carbocycles. The zero-order chi connectivity index (χ0) is 17.4. The first kappa shape index (κ1) is 16.6. The third kappa shape index (κ3) is 3.29. The summed E-state index contributed by atoms with van der Waals surface area (Å²) < 4.78 is 5.36. The molecule has 0 unspecified atom stereocenters. The quantitative estimate of drug-likeness (QED) is 0.803. The number of fused-ring (bicyclic) bond motifs is 1. The summed E-state index contributed by atoms with van der Waals surface area (Å²) in [4.78, 5) is 25.7. The Morgan fingerprint density at radius 2 is 1.96 bits per heavy atom. The Labute approximate surface area is 155 Å². The molecule has 0 N–H and O–H groups in total. The molecule has 1 fully saturated rings. The minimum Gasteiger partial charge on any atom is -0.378 e. The maximum atomic E-state index is 12.8. The minimum atomic E-state index is -0.132. The number of hydrogen-bond donors (Lipinski definition) is 0. The summed E-state index contributed by atoms with van der Waals surface area (Å²) in [5, 5.41) is 0.862. The molecule has 1 amide bonds. The van der Waals surface area contributed by atoms with Gasteiger partial charge in [0, 0.05) is 36.4 Å². The van der Waals surface area contributed by atoms with Crippen LogP contribution >= 0.6 is 23.2 Å². The molecule has 1 aromatic carbocycles. The van der Waals surface area contributed by atoms with E-state index in [0.29, 0.717) is 47.9 Å². The fourth-order valence-electron chi connectivity index (χ4n) is 3.04. The first-order valence-corrected chi connectivity index (χ1v) is 8.79. The van der Waals surface area contributed by atoms with Gasteiger partial charge >= 0.3 is 0 Å². The largest absolute Gasteiger partial charge is 0.378 e. The van der Waals surface area contributed by atoms with Gasteiger partial charge in [-0.25, -0.2) is 9.97 Å². The summed E-state index contributed by atoms with van der Waals surface area (Å²) in [6.45, 7) is 3.85. The molecule has 0 spiro atoms. The Kier molecular flexibility index (Phi) is 4.50. The average Bonchev–Trinajstić information content (AvgIpc) is 3.05. The van der Waals surface area contributed by atoms with Gasteiger partial charge in [-0.1, -0.05) is 23.2 Å². The fraction of sp³-hybridized carbons (Fsp3) is 0.353. The van der Waals surface area contributed by atoms with Crippen LogP contribution in [0.1, 0.15) is 21.6 Å². The molecule has 4 rings (SSSR count). The van der Waals surface area contributed by atoms with Crippen LogP contribution in [-0.2, 0) is 17.8 Å². The highest BCUT2D eigenvalue weighted by Crippen LogP contribution is 2.27. The Morgan fingerprint density at radius 1 is 1.16 bits per heavy atom. The summed E-state index contributed by atoms with van der Waals surface area (Å²) in [5.74, 6) is 0.563. The summed E-state index contributed by atoms with van der Waals surface area (Å²) in [6, 6.07) is 4.90. The fourth-order valence-corrected chi connectivity index (χ4v) is 3.52. The van der Waals surface area contributed by atoms with Crippen molar-refractivity contribution in [3.05, 3.63) is 51.3 Å². The number of benzene rings is 1. The highest BCUT2D eigenvalue weighted by atomic mass is 35.5. The number of amides is 1. The van der Waals surface area contributed by atoms with Crippen molar-refractivity contribution in [2.45, 2.75) is 13.1 Å². The number of ether oxygens (including phenoxy) is 1. The summed E-state index contributed by atoms with van der Waals surface area (Å²) in [5.41, 5.74) is 2.30. The highest BCUT2D eigenvalue weighted by molar-refractivity contribution is 6.36. The molecule has 130 valence electrons. The van der Waals surface area contributed by atoms with Crippen LogP contribution in [0.15, 0.2) is 24.4 Å². The van der Waals surface area contributed by atoms with Gasteiger partial charge < -0.3 is 14.5 Å². The van der Waals surface area contributed by atoms with E-state index in [0.717, 1.165) is 24.3 Å². The smallest absolute Gasteiger partial charge is 0.256 e. The number of rotatable bonds is 2. The van der Waals surface area contributed by atoms with E-state index in [-0.39, 0.29) is 5.91 Å². The van der Waals surface area contributed by atoms with E-state index >= 15 is 0 Å². The monoisotopic (exact) mass is 378 g/mol. The van der Waals surface area contributed by atoms with Gasteiger partial charge in [0.2, 0.25) is 5.95 Å². The number of morpholine rings is 1. The van der Waals surface area contributed by atoms with Crippen LogP contribution in [0.3, 0.4) is 0 Å². The van der Waals surface area contributed by atoms with Crippen LogP contribution in [0.5, 0.6) is 0 Å². The molecule has 2 aliphatic rings. The van der Waals surface area contributed by atoms with Gasteiger partial charge in [-0.2, -0.15) is 0 Å². The predicted octanol–water partition coefficient (Wildman–Crippen LogP) is 2.78. The van der Waals surface area contributed by atoms with Crippen LogP contribution in [-0.4, -0.2) is 47.1 Å². The Balaban J connectivity index is 1.53. The summed E-state index contributed by atoms with van der Waals surface area (Å²) >= 11 is 12.1. The number of anilines is 1. The molecule has 1 aromatic heterocycles. The maximum Gasteiger partial charge on any atom is 0.256 e. The molecule has 2 aliphatic heterocycles. The molecular weight excluding hydrogens is 363 g/mol. The standard InChI is InChI=1S/C17H16Cl2N4O2/c18-12-1-2-13(14(19)7-12)16(24)23-9-11-8-20-17(21-15(11)10-23)22-3-5-25-6-4-22/h1-2,7-8H,3-6,9-10H2. The molecule has 0 radical (unpaired) electrons. The molecule has 8 heteroatoms. The lowest BCUT2D eigenvalue weighted by atomic mass is 10.2. The van der Waals surface area contributed by atoms with Crippen LogP contribution in [0.2, 0.25) is 10.0 Å². The van der Waals surface area contributed by atoms with E-state index in [1.807, 2.05) is 6.20 Å². The molecular formula is C17H16Cl2N4O2. The highest BCUT2D eigenvalue weighted by Gasteiger charge is 2.28. The molecule has 25 heavy (non-hydrogen) atoms. The van der Waals surface area contributed by atoms with Gasteiger partial charge in [0.05, 0.1) is 36.0 Å². The first-order chi connectivity index (χ1) is 12.1. The lowest BCUT2D eigenvalue weighted by Gasteiger charge is -2.26.